The molecule has 7 heteroatoms. The van der Waals surface area contributed by atoms with Crippen LogP contribution in [-0.4, -0.2) is 40.4 Å². The molecule has 0 radical (unpaired) electrons. The Morgan fingerprint density at radius 2 is 2.00 bits per heavy atom. The van der Waals surface area contributed by atoms with Crippen molar-refractivity contribution in [3.8, 4) is 5.75 Å². The molecule has 5 nitrogen and oxygen atoms in total. The second kappa shape index (κ2) is 12.0. The van der Waals surface area contributed by atoms with Gasteiger partial charge in [-0.1, -0.05) is 12.1 Å². The van der Waals surface area contributed by atoms with Crippen LogP contribution in [0.5, 0.6) is 5.75 Å². The molecule has 1 atom stereocenters. The van der Waals surface area contributed by atoms with Crippen LogP contribution in [0.1, 0.15) is 51.7 Å². The van der Waals surface area contributed by atoms with E-state index >= 15 is 0 Å². The molecule has 2 rings (SSSR count). The molecule has 1 unspecified atom stereocenters. The molecular formula is C21H36IN3O2S. The van der Waals surface area contributed by atoms with Crippen LogP contribution in [0.25, 0.3) is 0 Å². The molecule has 1 aromatic rings. The summed E-state index contributed by atoms with van der Waals surface area (Å²) in [5.74, 6) is 3.02. The number of nitrogens with zero attached hydrogens (tertiary/aromatic N) is 1. The zero-order chi connectivity index (χ0) is 19.9. The predicted octanol–water partition coefficient (Wildman–Crippen LogP) is 4.00. The van der Waals surface area contributed by atoms with Crippen molar-refractivity contribution >= 4 is 40.7 Å². The van der Waals surface area contributed by atoms with Crippen molar-refractivity contribution in [3.63, 3.8) is 0 Å². The highest BCUT2D eigenvalue weighted by atomic mass is 127. The third-order valence-electron chi connectivity index (χ3n) is 4.41. The van der Waals surface area contributed by atoms with Gasteiger partial charge in [-0.3, -0.25) is 4.21 Å². The standard InChI is InChI=1S/C21H35N3O2S.HI/c1-6-22-20(23-11-12-27(25)21(3,4)5)24-14-18-10-7-16(2)13-19(18)26-15-17-8-9-17;/h7,10,13,17H,6,8-9,11-12,14-15H2,1-5H3,(H2,22,23,24);1H. The number of nitrogens with one attached hydrogen (secondary N) is 2. The summed E-state index contributed by atoms with van der Waals surface area (Å²) in [4.78, 5) is 4.69. The highest BCUT2D eigenvalue weighted by Gasteiger charge is 2.22. The number of benzene rings is 1. The Morgan fingerprint density at radius 3 is 2.61 bits per heavy atom. The van der Waals surface area contributed by atoms with Gasteiger partial charge in [0, 0.05) is 40.0 Å². The number of guanidine groups is 1. The zero-order valence-electron chi connectivity index (χ0n) is 17.8. The third-order valence-corrected chi connectivity index (χ3v) is 6.35. The van der Waals surface area contributed by atoms with Crippen molar-refractivity contribution < 1.29 is 8.95 Å². The summed E-state index contributed by atoms with van der Waals surface area (Å²) in [6.45, 7) is 12.9. The summed E-state index contributed by atoms with van der Waals surface area (Å²) in [5, 5.41) is 6.55. The van der Waals surface area contributed by atoms with Crippen molar-refractivity contribution in [3.05, 3.63) is 29.3 Å². The van der Waals surface area contributed by atoms with Crippen LogP contribution >= 0.6 is 24.0 Å². The number of ether oxygens (including phenoxy) is 1. The molecule has 0 bridgehead atoms. The van der Waals surface area contributed by atoms with Crippen LogP contribution in [0.15, 0.2) is 23.2 Å². The van der Waals surface area contributed by atoms with Crippen LogP contribution in [0.3, 0.4) is 0 Å². The van der Waals surface area contributed by atoms with Gasteiger partial charge < -0.3 is 15.4 Å². The summed E-state index contributed by atoms with van der Waals surface area (Å²) in [6.07, 6.45) is 2.56. The number of rotatable bonds is 9. The zero-order valence-corrected chi connectivity index (χ0v) is 21.0. The fraction of sp³-hybridized carbons (Fsp3) is 0.667. The maximum Gasteiger partial charge on any atom is 0.191 e. The summed E-state index contributed by atoms with van der Waals surface area (Å²) < 4.78 is 18.0. The molecule has 2 N–H and O–H groups in total. The van der Waals surface area contributed by atoms with E-state index in [-0.39, 0.29) is 28.7 Å². The van der Waals surface area contributed by atoms with E-state index < -0.39 is 10.8 Å². The Hall–Kier alpha value is -0.830. The molecule has 1 fully saturated rings. The second-order valence-electron chi connectivity index (χ2n) is 8.15. The SMILES string of the molecule is CCNC(=NCc1ccc(C)cc1OCC1CC1)NCCS(=O)C(C)(C)C.I. The average molecular weight is 522 g/mol. The summed E-state index contributed by atoms with van der Waals surface area (Å²) in [6, 6.07) is 6.29. The fourth-order valence-corrected chi connectivity index (χ4v) is 3.39. The lowest BCUT2D eigenvalue weighted by atomic mass is 10.1. The van der Waals surface area contributed by atoms with E-state index in [2.05, 4.69) is 35.8 Å². The second-order valence-corrected chi connectivity index (χ2v) is 10.5. The van der Waals surface area contributed by atoms with E-state index in [0.717, 1.165) is 36.3 Å². The predicted molar refractivity (Wildman–Crippen MR) is 130 cm³/mol. The Labute approximate surface area is 190 Å². The van der Waals surface area contributed by atoms with Crippen LogP contribution in [0, 0.1) is 12.8 Å². The van der Waals surface area contributed by atoms with Crippen molar-refractivity contribution in [2.75, 3.05) is 25.4 Å². The van der Waals surface area contributed by atoms with Crippen LogP contribution < -0.4 is 15.4 Å². The first-order valence-corrected chi connectivity index (χ1v) is 11.2. The summed E-state index contributed by atoms with van der Waals surface area (Å²) >= 11 is 0. The number of hydrogen-bond donors (Lipinski definition) is 2. The Morgan fingerprint density at radius 1 is 1.29 bits per heavy atom. The molecule has 1 saturated carbocycles. The Kier molecular flexibility index (Phi) is 10.8. The molecule has 0 saturated heterocycles. The van der Waals surface area contributed by atoms with Gasteiger partial charge in [0.1, 0.15) is 5.75 Å². The van der Waals surface area contributed by atoms with Crippen molar-refractivity contribution in [1.82, 2.24) is 10.6 Å². The smallest absolute Gasteiger partial charge is 0.191 e. The first-order chi connectivity index (χ1) is 12.8. The molecule has 0 aromatic heterocycles. The highest BCUT2D eigenvalue weighted by molar-refractivity contribution is 14.0. The molecule has 0 heterocycles. The molecule has 1 aliphatic carbocycles. The van der Waals surface area contributed by atoms with E-state index in [1.807, 2.05) is 27.7 Å². The molecule has 1 aliphatic rings. The molecular weight excluding hydrogens is 485 g/mol. The van der Waals surface area contributed by atoms with Crippen LogP contribution in [0.2, 0.25) is 0 Å². The lowest BCUT2D eigenvalue weighted by Gasteiger charge is -2.18. The van der Waals surface area contributed by atoms with Crippen molar-refractivity contribution in [2.24, 2.45) is 10.9 Å². The minimum Gasteiger partial charge on any atom is -0.493 e. The van der Waals surface area contributed by atoms with Crippen molar-refractivity contribution in [1.29, 1.82) is 0 Å². The molecule has 28 heavy (non-hydrogen) atoms. The number of aryl methyl sites for hydroxylation is 1. The first kappa shape index (κ1) is 25.2. The maximum atomic E-state index is 12.2. The third kappa shape index (κ3) is 9.11. The van der Waals surface area contributed by atoms with Gasteiger partial charge in [-0.25, -0.2) is 4.99 Å². The van der Waals surface area contributed by atoms with Crippen LogP contribution in [-0.2, 0) is 17.3 Å². The number of aliphatic imine (C=N–C) groups is 1. The maximum absolute atomic E-state index is 12.2. The molecule has 0 amide bonds. The molecule has 0 spiro atoms. The van der Waals surface area contributed by atoms with E-state index in [1.165, 1.54) is 18.4 Å². The topological polar surface area (TPSA) is 62.7 Å². The molecule has 1 aromatic carbocycles. The van der Waals surface area contributed by atoms with Gasteiger partial charge in [-0.05, 0) is 65.0 Å². The normalized spacial score (nSPS) is 15.5. The van der Waals surface area contributed by atoms with E-state index in [0.29, 0.717) is 18.8 Å². The van der Waals surface area contributed by atoms with Crippen molar-refractivity contribution in [2.45, 2.75) is 58.8 Å². The van der Waals surface area contributed by atoms with E-state index in [9.17, 15) is 4.21 Å². The largest absolute Gasteiger partial charge is 0.493 e. The first-order valence-electron chi connectivity index (χ1n) is 9.92. The average Bonchev–Trinajstić information content (AvgIpc) is 3.42. The summed E-state index contributed by atoms with van der Waals surface area (Å²) in [7, 11) is -0.871. The lowest BCUT2D eigenvalue weighted by Crippen LogP contribution is -2.40. The van der Waals surface area contributed by atoms with Gasteiger partial charge in [-0.2, -0.15) is 0 Å². The minimum absolute atomic E-state index is 0. The van der Waals surface area contributed by atoms with E-state index in [4.69, 9.17) is 9.73 Å². The quantitative estimate of drug-likeness (QED) is 0.293. The summed E-state index contributed by atoms with van der Waals surface area (Å²) in [5.41, 5.74) is 2.29. The lowest BCUT2D eigenvalue weighted by molar-refractivity contribution is 0.296. The monoisotopic (exact) mass is 521 g/mol. The van der Waals surface area contributed by atoms with Gasteiger partial charge >= 0.3 is 0 Å². The molecule has 160 valence electrons. The number of hydrogen-bond acceptors (Lipinski definition) is 3. The van der Waals surface area contributed by atoms with Gasteiger partial charge in [-0.15, -0.1) is 24.0 Å². The highest BCUT2D eigenvalue weighted by Crippen LogP contribution is 2.30. The minimum atomic E-state index is -0.871. The van der Waals surface area contributed by atoms with Gasteiger partial charge in [0.15, 0.2) is 5.96 Å². The number of halogens is 1. The Balaban J connectivity index is 0.00000392. The molecule has 0 aliphatic heterocycles. The van der Waals surface area contributed by atoms with Gasteiger partial charge in [0.05, 0.1) is 13.2 Å². The Bertz CT molecular complexity index is 670. The van der Waals surface area contributed by atoms with Crippen LogP contribution in [0.4, 0.5) is 0 Å². The van der Waals surface area contributed by atoms with Gasteiger partial charge in [0.2, 0.25) is 0 Å². The van der Waals surface area contributed by atoms with Gasteiger partial charge in [0.25, 0.3) is 0 Å². The fourth-order valence-electron chi connectivity index (χ4n) is 2.49. The van der Waals surface area contributed by atoms with E-state index in [1.54, 1.807) is 0 Å².